The van der Waals surface area contributed by atoms with E-state index in [1.165, 1.54) is 0 Å². The molecule has 0 bridgehead atoms. The highest BCUT2D eigenvalue weighted by molar-refractivity contribution is 5.33. The van der Waals surface area contributed by atoms with E-state index in [2.05, 4.69) is 0 Å². The average molecular weight is 461 g/mol. The molecule has 0 aliphatic rings. The summed E-state index contributed by atoms with van der Waals surface area (Å²) < 4.78 is 0. The first-order valence-electron chi connectivity index (χ1n) is 11.6. The Morgan fingerprint density at radius 3 is 1.67 bits per heavy atom. The van der Waals surface area contributed by atoms with Crippen LogP contribution < -0.4 is 0 Å². The van der Waals surface area contributed by atoms with Crippen molar-refractivity contribution in [3.05, 3.63) is 69.8 Å². The summed E-state index contributed by atoms with van der Waals surface area (Å²) in [4.78, 5) is 0. The Morgan fingerprint density at radius 1 is 0.758 bits per heavy atom. The number of aryl methyl sites for hydroxylation is 4. The van der Waals surface area contributed by atoms with Crippen molar-refractivity contribution in [2.24, 2.45) is 0 Å². The smallest absolute Gasteiger partial charge is 0.126 e. The van der Waals surface area contributed by atoms with Crippen molar-refractivity contribution >= 4 is 0 Å². The number of hydrogen-bond acceptors (Lipinski definition) is 6. The van der Waals surface area contributed by atoms with Crippen LogP contribution in [0.4, 0.5) is 0 Å². The van der Waals surface area contributed by atoms with Gasteiger partial charge in [0.2, 0.25) is 0 Å². The normalized spacial score (nSPS) is 18.3. The molecule has 0 fully saturated rings. The van der Waals surface area contributed by atoms with E-state index in [-0.39, 0.29) is 19.3 Å². The maximum atomic E-state index is 11.7. The lowest BCUT2D eigenvalue weighted by Crippen LogP contribution is -2.66. The van der Waals surface area contributed by atoms with Crippen LogP contribution in [0, 0.1) is 27.7 Å². The Balaban J connectivity index is 2.52. The van der Waals surface area contributed by atoms with Crippen LogP contribution in [0.5, 0.6) is 0 Å². The zero-order valence-corrected chi connectivity index (χ0v) is 20.4. The number of aliphatic hydroxyl groups excluding tert-OH is 4. The standard InChI is InChI=1S/C27H40O6/c1-6-11-26(32,14-21-9-7-17(2)19(4)12-21)25(31)27(33,24(30)23(29)16-28)15-22-10-8-18(3)20(5)13-22/h7-10,12-13,23-25,28-33H,6,11,14-16H2,1-5H3/t23-,24+,25+,26?,27+/m0/s1. The molecule has 0 radical (unpaired) electrons. The van der Waals surface area contributed by atoms with E-state index in [0.717, 1.165) is 27.8 Å². The summed E-state index contributed by atoms with van der Waals surface area (Å²) in [6.07, 6.45) is -4.85. The molecule has 0 aliphatic carbocycles. The zero-order chi connectivity index (χ0) is 25.0. The van der Waals surface area contributed by atoms with E-state index in [1.54, 1.807) is 6.07 Å². The fourth-order valence-electron chi connectivity index (χ4n) is 4.52. The molecule has 6 N–H and O–H groups in total. The summed E-state index contributed by atoms with van der Waals surface area (Å²) in [6.45, 7) is 8.88. The minimum Gasteiger partial charge on any atom is -0.394 e. The third-order valence-corrected chi connectivity index (χ3v) is 6.87. The van der Waals surface area contributed by atoms with Crippen molar-refractivity contribution in [1.29, 1.82) is 0 Å². The molecule has 0 heterocycles. The molecule has 6 heteroatoms. The van der Waals surface area contributed by atoms with Crippen molar-refractivity contribution in [1.82, 2.24) is 0 Å². The number of hydrogen-bond donors (Lipinski definition) is 6. The van der Waals surface area contributed by atoms with Gasteiger partial charge in [-0.05, 0) is 67.5 Å². The first-order valence-corrected chi connectivity index (χ1v) is 11.6. The van der Waals surface area contributed by atoms with Crippen LogP contribution in [0.3, 0.4) is 0 Å². The molecule has 6 nitrogen and oxygen atoms in total. The highest BCUT2D eigenvalue weighted by Gasteiger charge is 2.54. The van der Waals surface area contributed by atoms with Gasteiger partial charge in [0.15, 0.2) is 0 Å². The molecule has 1 unspecified atom stereocenters. The predicted octanol–water partition coefficient (Wildman–Crippen LogP) is 2.04. The molecule has 2 aromatic rings. The summed E-state index contributed by atoms with van der Waals surface area (Å²) in [5.41, 5.74) is 1.51. The van der Waals surface area contributed by atoms with Gasteiger partial charge in [0.05, 0.1) is 12.2 Å². The summed E-state index contributed by atoms with van der Waals surface area (Å²) >= 11 is 0. The maximum Gasteiger partial charge on any atom is 0.126 e. The van der Waals surface area contributed by atoms with Gasteiger partial charge in [0, 0.05) is 12.8 Å². The van der Waals surface area contributed by atoms with Crippen LogP contribution in [-0.2, 0) is 12.8 Å². The molecule has 0 saturated heterocycles. The van der Waals surface area contributed by atoms with E-state index in [0.29, 0.717) is 12.0 Å². The third-order valence-electron chi connectivity index (χ3n) is 6.87. The minimum atomic E-state index is -2.31. The predicted molar refractivity (Wildman–Crippen MR) is 129 cm³/mol. The summed E-state index contributed by atoms with van der Waals surface area (Å²) in [7, 11) is 0. The number of aliphatic hydroxyl groups is 6. The van der Waals surface area contributed by atoms with Gasteiger partial charge in [-0.2, -0.15) is 0 Å². The highest BCUT2D eigenvalue weighted by Crippen LogP contribution is 2.35. The fourth-order valence-corrected chi connectivity index (χ4v) is 4.52. The highest BCUT2D eigenvalue weighted by atomic mass is 16.4. The van der Waals surface area contributed by atoms with Crippen LogP contribution in [0.1, 0.15) is 53.1 Å². The molecule has 2 aromatic carbocycles. The largest absolute Gasteiger partial charge is 0.394 e. The lowest BCUT2D eigenvalue weighted by molar-refractivity contribution is -0.230. The van der Waals surface area contributed by atoms with Gasteiger partial charge < -0.3 is 30.6 Å². The van der Waals surface area contributed by atoms with E-state index >= 15 is 0 Å². The SMILES string of the molecule is CCCC(O)(Cc1ccc(C)c(C)c1)[C@@H](O)[C@@](O)(Cc1ccc(C)c(C)c1)[C@H](O)[C@@H](O)CO. The molecular weight excluding hydrogens is 420 g/mol. The van der Waals surface area contributed by atoms with Gasteiger partial charge >= 0.3 is 0 Å². The van der Waals surface area contributed by atoms with Crippen molar-refractivity contribution in [2.75, 3.05) is 6.61 Å². The fraction of sp³-hybridized carbons (Fsp3) is 0.556. The lowest BCUT2D eigenvalue weighted by atomic mass is 9.71. The van der Waals surface area contributed by atoms with Crippen LogP contribution in [0.2, 0.25) is 0 Å². The molecule has 0 spiro atoms. The molecular formula is C27H40O6. The van der Waals surface area contributed by atoms with Gasteiger partial charge in [-0.25, -0.2) is 0 Å². The van der Waals surface area contributed by atoms with Gasteiger partial charge in [-0.15, -0.1) is 0 Å². The summed E-state index contributed by atoms with van der Waals surface area (Å²) in [5, 5.41) is 65.2. The van der Waals surface area contributed by atoms with E-state index < -0.39 is 36.1 Å². The Bertz CT molecular complexity index is 929. The molecule has 2 rings (SSSR count). The lowest BCUT2D eigenvalue weighted by Gasteiger charge is -2.46. The minimum absolute atomic E-state index is 0.0559. The van der Waals surface area contributed by atoms with E-state index in [4.69, 9.17) is 0 Å². The maximum absolute atomic E-state index is 11.7. The molecule has 184 valence electrons. The van der Waals surface area contributed by atoms with E-state index in [1.807, 2.05) is 65.0 Å². The zero-order valence-electron chi connectivity index (χ0n) is 20.4. The van der Waals surface area contributed by atoms with Gasteiger partial charge in [0.25, 0.3) is 0 Å². The van der Waals surface area contributed by atoms with Gasteiger partial charge in [0.1, 0.15) is 23.9 Å². The molecule has 0 saturated carbocycles. The molecule has 0 amide bonds. The topological polar surface area (TPSA) is 121 Å². The van der Waals surface area contributed by atoms with Crippen LogP contribution in [-0.4, -0.2) is 66.8 Å². The first kappa shape index (κ1) is 27.4. The Hall–Kier alpha value is -1.80. The van der Waals surface area contributed by atoms with Crippen molar-refractivity contribution in [3.63, 3.8) is 0 Å². The molecule has 33 heavy (non-hydrogen) atoms. The van der Waals surface area contributed by atoms with Crippen LogP contribution >= 0.6 is 0 Å². The second-order valence-electron chi connectivity index (χ2n) is 9.63. The van der Waals surface area contributed by atoms with Crippen molar-refractivity contribution < 1.29 is 30.6 Å². The number of benzene rings is 2. The van der Waals surface area contributed by atoms with E-state index in [9.17, 15) is 30.6 Å². The Kier molecular flexibility index (Phi) is 9.22. The van der Waals surface area contributed by atoms with Gasteiger partial charge in [-0.3, -0.25) is 0 Å². The quantitative estimate of drug-likeness (QED) is 0.305. The second kappa shape index (κ2) is 11.1. The number of rotatable bonds is 11. The van der Waals surface area contributed by atoms with Gasteiger partial charge in [-0.1, -0.05) is 49.7 Å². The molecule has 0 aromatic heterocycles. The summed E-state index contributed by atoms with van der Waals surface area (Å²) in [6, 6.07) is 11.2. The Morgan fingerprint density at radius 2 is 1.24 bits per heavy atom. The third kappa shape index (κ3) is 6.21. The van der Waals surface area contributed by atoms with Crippen LogP contribution in [0.15, 0.2) is 36.4 Å². The monoisotopic (exact) mass is 460 g/mol. The Labute approximate surface area is 197 Å². The summed E-state index contributed by atoms with van der Waals surface area (Å²) in [5.74, 6) is 0. The first-order chi connectivity index (χ1) is 15.4. The van der Waals surface area contributed by atoms with Crippen molar-refractivity contribution in [3.8, 4) is 0 Å². The average Bonchev–Trinajstić information content (AvgIpc) is 2.77. The van der Waals surface area contributed by atoms with Crippen LogP contribution in [0.25, 0.3) is 0 Å². The second-order valence-corrected chi connectivity index (χ2v) is 9.63. The molecule has 5 atom stereocenters. The van der Waals surface area contributed by atoms with Crippen molar-refractivity contribution in [2.45, 2.75) is 89.8 Å². The molecule has 0 aliphatic heterocycles.